The van der Waals surface area contributed by atoms with Gasteiger partial charge in [0.25, 0.3) is 5.91 Å². The van der Waals surface area contributed by atoms with Crippen LogP contribution in [0, 0.1) is 5.82 Å². The molecule has 0 radical (unpaired) electrons. The van der Waals surface area contributed by atoms with Crippen molar-refractivity contribution in [1.29, 1.82) is 0 Å². The third kappa shape index (κ3) is 4.27. The van der Waals surface area contributed by atoms with Crippen LogP contribution in [0.4, 0.5) is 10.1 Å². The summed E-state index contributed by atoms with van der Waals surface area (Å²) < 4.78 is 25.2. The van der Waals surface area contributed by atoms with Crippen LogP contribution < -0.4 is 10.6 Å². The fourth-order valence-electron chi connectivity index (χ4n) is 2.34. The lowest BCUT2D eigenvalue weighted by atomic mass is 10.1. The molecule has 1 aliphatic rings. The molecule has 0 unspecified atom stereocenters. The van der Waals surface area contributed by atoms with Gasteiger partial charge in [0, 0.05) is 34.9 Å². The molecular weight excluding hydrogens is 291 g/mol. The monoisotopic (exact) mass is 312 g/mol. The average Bonchev–Trinajstić information content (AvgIpc) is 2.48. The van der Waals surface area contributed by atoms with Crippen molar-refractivity contribution in [1.82, 2.24) is 5.32 Å². The van der Waals surface area contributed by atoms with Crippen molar-refractivity contribution in [2.75, 3.05) is 23.4 Å². The molecule has 4 nitrogen and oxygen atoms in total. The number of rotatable bonds is 5. The first kappa shape index (κ1) is 15.9. The molecule has 1 aromatic rings. The quantitative estimate of drug-likeness (QED) is 0.877. The molecule has 1 aliphatic heterocycles. The number of hydrogen-bond acceptors (Lipinski definition) is 3. The van der Waals surface area contributed by atoms with E-state index in [1.54, 1.807) is 6.07 Å². The Balaban J connectivity index is 2.07. The molecule has 1 heterocycles. The molecule has 21 heavy (non-hydrogen) atoms. The molecule has 6 heteroatoms. The van der Waals surface area contributed by atoms with E-state index in [0.29, 0.717) is 36.5 Å². The van der Waals surface area contributed by atoms with E-state index in [0.717, 1.165) is 6.42 Å². The third-order valence-corrected chi connectivity index (χ3v) is 4.92. The SMILES string of the molecule is CCCNc1c(F)cccc1C(=O)NC1CCS(=O)CC1. The molecule has 0 aliphatic carbocycles. The molecule has 0 spiro atoms. The number of anilines is 1. The van der Waals surface area contributed by atoms with Gasteiger partial charge in [-0.3, -0.25) is 9.00 Å². The standard InChI is InChI=1S/C15H21FN2O2S/c1-2-8-17-14-12(4-3-5-13(14)16)15(19)18-11-6-9-21(20)10-7-11/h3-5,11,17H,2,6-10H2,1H3,(H,18,19). The van der Waals surface area contributed by atoms with Crippen LogP contribution >= 0.6 is 0 Å². The van der Waals surface area contributed by atoms with Gasteiger partial charge >= 0.3 is 0 Å². The maximum absolute atomic E-state index is 13.9. The fourth-order valence-corrected chi connectivity index (χ4v) is 3.64. The van der Waals surface area contributed by atoms with E-state index in [2.05, 4.69) is 10.6 Å². The van der Waals surface area contributed by atoms with Gasteiger partial charge in [-0.1, -0.05) is 13.0 Å². The summed E-state index contributed by atoms with van der Waals surface area (Å²) in [5.74, 6) is 0.552. The van der Waals surface area contributed by atoms with Crippen LogP contribution in [0.5, 0.6) is 0 Å². The highest BCUT2D eigenvalue weighted by atomic mass is 32.2. The Hall–Kier alpha value is -1.43. The molecule has 0 bridgehead atoms. The Labute approximate surface area is 127 Å². The van der Waals surface area contributed by atoms with Crippen molar-refractivity contribution in [3.05, 3.63) is 29.6 Å². The molecule has 0 saturated carbocycles. The second kappa shape index (κ2) is 7.54. The Morgan fingerprint density at radius 2 is 2.10 bits per heavy atom. The number of nitrogens with one attached hydrogen (secondary N) is 2. The molecule has 0 atom stereocenters. The zero-order valence-corrected chi connectivity index (χ0v) is 13.0. The zero-order chi connectivity index (χ0) is 15.2. The van der Waals surface area contributed by atoms with Crippen LogP contribution in [-0.4, -0.2) is 34.2 Å². The minimum Gasteiger partial charge on any atom is -0.382 e. The topological polar surface area (TPSA) is 58.2 Å². The molecule has 1 amide bonds. The van der Waals surface area contributed by atoms with Crippen LogP contribution in [0.25, 0.3) is 0 Å². The smallest absolute Gasteiger partial charge is 0.253 e. The largest absolute Gasteiger partial charge is 0.382 e. The summed E-state index contributed by atoms with van der Waals surface area (Å²) in [4.78, 5) is 12.3. The number of para-hydroxylation sites is 1. The van der Waals surface area contributed by atoms with Gasteiger partial charge in [0.15, 0.2) is 0 Å². The number of halogens is 1. The molecule has 1 saturated heterocycles. The van der Waals surface area contributed by atoms with Crippen LogP contribution in [-0.2, 0) is 10.8 Å². The van der Waals surface area contributed by atoms with E-state index < -0.39 is 16.6 Å². The fraction of sp³-hybridized carbons (Fsp3) is 0.533. The summed E-state index contributed by atoms with van der Waals surface area (Å²) in [6.45, 7) is 2.60. The average molecular weight is 312 g/mol. The number of amides is 1. The van der Waals surface area contributed by atoms with Crippen molar-refractivity contribution in [2.45, 2.75) is 32.2 Å². The van der Waals surface area contributed by atoms with E-state index in [4.69, 9.17) is 0 Å². The first-order valence-corrected chi connectivity index (χ1v) is 8.79. The molecule has 1 fully saturated rings. The summed E-state index contributed by atoms with van der Waals surface area (Å²) in [5.41, 5.74) is 0.589. The van der Waals surface area contributed by atoms with Gasteiger partial charge in [0.05, 0.1) is 11.3 Å². The first-order chi connectivity index (χ1) is 10.1. The summed E-state index contributed by atoms with van der Waals surface area (Å²) in [7, 11) is -0.756. The highest BCUT2D eigenvalue weighted by Gasteiger charge is 2.22. The van der Waals surface area contributed by atoms with Gasteiger partial charge < -0.3 is 10.6 Å². The van der Waals surface area contributed by atoms with Gasteiger partial charge in [-0.15, -0.1) is 0 Å². The van der Waals surface area contributed by atoms with Crippen LogP contribution in [0.15, 0.2) is 18.2 Å². The summed E-state index contributed by atoms with van der Waals surface area (Å²) in [6.07, 6.45) is 2.28. The van der Waals surface area contributed by atoms with E-state index in [-0.39, 0.29) is 17.6 Å². The molecule has 1 aromatic carbocycles. The first-order valence-electron chi connectivity index (χ1n) is 7.30. The Morgan fingerprint density at radius 3 is 2.76 bits per heavy atom. The molecule has 116 valence electrons. The highest BCUT2D eigenvalue weighted by Crippen LogP contribution is 2.20. The van der Waals surface area contributed by atoms with Crippen molar-refractivity contribution in [3.8, 4) is 0 Å². The lowest BCUT2D eigenvalue weighted by Gasteiger charge is -2.23. The highest BCUT2D eigenvalue weighted by molar-refractivity contribution is 7.85. The Kier molecular flexibility index (Phi) is 5.73. The number of carbonyl (C=O) groups excluding carboxylic acids is 1. The van der Waals surface area contributed by atoms with Crippen LogP contribution in [0.3, 0.4) is 0 Å². The second-order valence-corrected chi connectivity index (χ2v) is 6.88. The predicted molar refractivity (Wildman–Crippen MR) is 83.5 cm³/mol. The number of hydrogen-bond donors (Lipinski definition) is 2. The number of benzene rings is 1. The van der Waals surface area contributed by atoms with Crippen molar-refractivity contribution in [2.24, 2.45) is 0 Å². The second-order valence-electron chi connectivity index (χ2n) is 5.18. The van der Waals surface area contributed by atoms with Crippen LogP contribution in [0.1, 0.15) is 36.5 Å². The van der Waals surface area contributed by atoms with Gasteiger partial charge in [-0.25, -0.2) is 4.39 Å². The van der Waals surface area contributed by atoms with Crippen molar-refractivity contribution >= 4 is 22.4 Å². The number of carbonyl (C=O) groups is 1. The minimum absolute atomic E-state index is 0.0255. The Bertz CT molecular complexity index is 526. The maximum Gasteiger partial charge on any atom is 0.253 e. The van der Waals surface area contributed by atoms with E-state index in [1.165, 1.54) is 12.1 Å². The van der Waals surface area contributed by atoms with E-state index in [9.17, 15) is 13.4 Å². The lowest BCUT2D eigenvalue weighted by molar-refractivity contribution is 0.0935. The van der Waals surface area contributed by atoms with Gasteiger partial charge in [-0.05, 0) is 31.4 Å². The minimum atomic E-state index is -0.756. The third-order valence-electron chi connectivity index (χ3n) is 3.53. The van der Waals surface area contributed by atoms with E-state index >= 15 is 0 Å². The lowest BCUT2D eigenvalue weighted by Crippen LogP contribution is -2.39. The van der Waals surface area contributed by atoms with Crippen molar-refractivity contribution in [3.63, 3.8) is 0 Å². The summed E-state index contributed by atoms with van der Waals surface area (Å²) in [6, 6.07) is 4.53. The summed E-state index contributed by atoms with van der Waals surface area (Å²) in [5, 5.41) is 5.89. The van der Waals surface area contributed by atoms with Crippen molar-refractivity contribution < 1.29 is 13.4 Å². The predicted octanol–water partition coefficient (Wildman–Crippen LogP) is 2.29. The molecule has 2 rings (SSSR count). The summed E-state index contributed by atoms with van der Waals surface area (Å²) >= 11 is 0. The van der Waals surface area contributed by atoms with E-state index in [1.807, 2.05) is 6.92 Å². The maximum atomic E-state index is 13.9. The van der Waals surface area contributed by atoms with Crippen LogP contribution in [0.2, 0.25) is 0 Å². The normalized spacial score (nSPS) is 21.8. The molecule has 0 aromatic heterocycles. The molecular formula is C15H21FN2O2S. The van der Waals surface area contributed by atoms with Gasteiger partial charge in [0.1, 0.15) is 5.82 Å². The van der Waals surface area contributed by atoms with Gasteiger partial charge in [0.2, 0.25) is 0 Å². The Morgan fingerprint density at radius 1 is 1.38 bits per heavy atom. The molecule has 2 N–H and O–H groups in total. The van der Waals surface area contributed by atoms with Gasteiger partial charge in [-0.2, -0.15) is 0 Å². The zero-order valence-electron chi connectivity index (χ0n) is 12.2.